The first-order valence-electron chi connectivity index (χ1n) is 11.1. The molecule has 2 heterocycles. The van der Waals surface area contributed by atoms with E-state index >= 15 is 0 Å². The molecule has 1 aliphatic rings. The van der Waals surface area contributed by atoms with Crippen molar-refractivity contribution in [3.63, 3.8) is 0 Å². The molecule has 0 fully saturated rings. The van der Waals surface area contributed by atoms with Gasteiger partial charge in [-0.15, -0.1) is 10.2 Å². The highest BCUT2D eigenvalue weighted by Gasteiger charge is 2.21. The lowest BCUT2D eigenvalue weighted by Gasteiger charge is -2.27. The Morgan fingerprint density at radius 2 is 1.86 bits per heavy atom. The Hall–Kier alpha value is -2.37. The smallest absolute Gasteiger partial charge is 0.191 e. The fraction of sp³-hybridized carbons (Fsp3) is 0.609. The minimum Gasteiger partial charge on any atom is -0.357 e. The molecule has 0 unspecified atom stereocenters. The SMILES string of the molecule is CCNC(=NCc1nnc2n1CCCCC2)NCC(C)(C)c1ccc(CC)cc1. The second-order valence-electron chi connectivity index (χ2n) is 8.48. The average Bonchev–Trinajstić information content (AvgIpc) is 2.96. The topological polar surface area (TPSA) is 67.1 Å². The molecule has 0 saturated heterocycles. The number of aryl methyl sites for hydroxylation is 2. The monoisotopic (exact) mass is 396 g/mol. The summed E-state index contributed by atoms with van der Waals surface area (Å²) in [5.41, 5.74) is 2.72. The van der Waals surface area contributed by atoms with Crippen molar-refractivity contribution in [2.75, 3.05) is 13.1 Å². The van der Waals surface area contributed by atoms with Gasteiger partial charge in [-0.3, -0.25) is 0 Å². The van der Waals surface area contributed by atoms with Crippen molar-refractivity contribution in [1.82, 2.24) is 25.4 Å². The highest BCUT2D eigenvalue weighted by atomic mass is 15.3. The number of aliphatic imine (C=N–C) groups is 1. The van der Waals surface area contributed by atoms with E-state index in [1.807, 2.05) is 0 Å². The van der Waals surface area contributed by atoms with Gasteiger partial charge in [-0.1, -0.05) is 51.5 Å². The molecular weight excluding hydrogens is 360 g/mol. The van der Waals surface area contributed by atoms with Gasteiger partial charge in [0.05, 0.1) is 0 Å². The quantitative estimate of drug-likeness (QED) is 0.554. The van der Waals surface area contributed by atoms with Crippen LogP contribution in [0.1, 0.15) is 69.7 Å². The van der Waals surface area contributed by atoms with Crippen LogP contribution in [0.3, 0.4) is 0 Å². The Balaban J connectivity index is 1.65. The lowest BCUT2D eigenvalue weighted by molar-refractivity contribution is 0.508. The summed E-state index contributed by atoms with van der Waals surface area (Å²) in [5.74, 6) is 2.91. The molecule has 0 spiro atoms. The zero-order chi connectivity index (χ0) is 20.7. The van der Waals surface area contributed by atoms with Crippen molar-refractivity contribution in [3.8, 4) is 0 Å². The van der Waals surface area contributed by atoms with E-state index in [9.17, 15) is 0 Å². The second kappa shape index (κ2) is 9.90. The van der Waals surface area contributed by atoms with Crippen LogP contribution in [0.15, 0.2) is 29.3 Å². The maximum atomic E-state index is 4.79. The minimum atomic E-state index is 0.00834. The highest BCUT2D eigenvalue weighted by Crippen LogP contribution is 2.23. The Morgan fingerprint density at radius 3 is 2.59 bits per heavy atom. The molecule has 29 heavy (non-hydrogen) atoms. The molecule has 3 rings (SSSR count). The second-order valence-corrected chi connectivity index (χ2v) is 8.48. The van der Waals surface area contributed by atoms with Gasteiger partial charge in [0.2, 0.25) is 0 Å². The number of aromatic nitrogens is 3. The number of rotatable bonds is 7. The first kappa shape index (κ1) is 21.3. The van der Waals surface area contributed by atoms with Crippen molar-refractivity contribution >= 4 is 5.96 Å². The van der Waals surface area contributed by atoms with Crippen molar-refractivity contribution in [1.29, 1.82) is 0 Å². The Morgan fingerprint density at radius 1 is 1.07 bits per heavy atom. The largest absolute Gasteiger partial charge is 0.357 e. The molecule has 1 aromatic carbocycles. The normalized spacial score (nSPS) is 15.0. The van der Waals surface area contributed by atoms with E-state index in [2.05, 4.69) is 77.4 Å². The maximum Gasteiger partial charge on any atom is 0.191 e. The lowest BCUT2D eigenvalue weighted by atomic mass is 9.84. The fourth-order valence-corrected chi connectivity index (χ4v) is 3.75. The molecule has 0 saturated carbocycles. The van der Waals surface area contributed by atoms with Gasteiger partial charge in [-0.2, -0.15) is 0 Å². The third-order valence-electron chi connectivity index (χ3n) is 5.75. The molecule has 0 amide bonds. The van der Waals surface area contributed by atoms with Gasteiger partial charge < -0.3 is 15.2 Å². The highest BCUT2D eigenvalue weighted by molar-refractivity contribution is 5.79. The van der Waals surface area contributed by atoms with Gasteiger partial charge in [-0.25, -0.2) is 4.99 Å². The van der Waals surface area contributed by atoms with Crippen LogP contribution in [-0.4, -0.2) is 33.8 Å². The van der Waals surface area contributed by atoms with Crippen LogP contribution >= 0.6 is 0 Å². The number of nitrogens with one attached hydrogen (secondary N) is 2. The van der Waals surface area contributed by atoms with E-state index in [4.69, 9.17) is 4.99 Å². The molecular formula is C23H36N6. The summed E-state index contributed by atoms with van der Waals surface area (Å²) in [6.07, 6.45) is 5.78. The van der Waals surface area contributed by atoms with E-state index in [-0.39, 0.29) is 5.41 Å². The van der Waals surface area contributed by atoms with Gasteiger partial charge in [0.25, 0.3) is 0 Å². The summed E-state index contributed by atoms with van der Waals surface area (Å²) >= 11 is 0. The van der Waals surface area contributed by atoms with Crippen molar-refractivity contribution < 1.29 is 0 Å². The molecule has 0 bridgehead atoms. The molecule has 6 nitrogen and oxygen atoms in total. The average molecular weight is 397 g/mol. The predicted molar refractivity (Wildman–Crippen MR) is 119 cm³/mol. The zero-order valence-corrected chi connectivity index (χ0v) is 18.5. The summed E-state index contributed by atoms with van der Waals surface area (Å²) in [7, 11) is 0. The van der Waals surface area contributed by atoms with E-state index < -0.39 is 0 Å². The molecule has 1 aliphatic heterocycles. The number of hydrogen-bond acceptors (Lipinski definition) is 3. The molecule has 0 aliphatic carbocycles. The third-order valence-corrected chi connectivity index (χ3v) is 5.75. The maximum absolute atomic E-state index is 4.79. The van der Waals surface area contributed by atoms with Gasteiger partial charge in [0.15, 0.2) is 11.8 Å². The lowest BCUT2D eigenvalue weighted by Crippen LogP contribution is -2.43. The summed E-state index contributed by atoms with van der Waals surface area (Å²) in [4.78, 5) is 4.79. The van der Waals surface area contributed by atoms with Gasteiger partial charge in [0.1, 0.15) is 12.4 Å². The van der Waals surface area contributed by atoms with Crippen LogP contribution in [0.5, 0.6) is 0 Å². The van der Waals surface area contributed by atoms with E-state index in [1.165, 1.54) is 30.4 Å². The minimum absolute atomic E-state index is 0.00834. The standard InChI is InChI=1S/C23H36N6/c1-5-18-11-13-19(14-12-18)23(3,4)17-26-22(24-6-2)25-16-21-28-27-20-10-8-7-9-15-29(20)21/h11-14H,5-10,15-17H2,1-4H3,(H2,24,25,26). The van der Waals surface area contributed by atoms with Crippen molar-refractivity contribution in [2.45, 2.75) is 78.3 Å². The van der Waals surface area contributed by atoms with E-state index in [0.717, 1.165) is 50.1 Å². The Labute approximate surface area is 175 Å². The first-order valence-corrected chi connectivity index (χ1v) is 11.1. The Kier molecular flexibility index (Phi) is 7.29. The third kappa shape index (κ3) is 5.58. The first-order chi connectivity index (χ1) is 14.0. The summed E-state index contributed by atoms with van der Waals surface area (Å²) in [6.45, 7) is 12.0. The summed E-state index contributed by atoms with van der Waals surface area (Å²) < 4.78 is 2.26. The van der Waals surface area contributed by atoms with Crippen LogP contribution in [0.2, 0.25) is 0 Å². The molecule has 1 aromatic heterocycles. The molecule has 6 heteroatoms. The van der Waals surface area contributed by atoms with Crippen LogP contribution in [0, 0.1) is 0 Å². The van der Waals surface area contributed by atoms with E-state index in [0.29, 0.717) is 6.54 Å². The number of fused-ring (bicyclic) bond motifs is 1. The van der Waals surface area contributed by atoms with Crippen LogP contribution in [0.25, 0.3) is 0 Å². The van der Waals surface area contributed by atoms with Crippen LogP contribution in [0.4, 0.5) is 0 Å². The van der Waals surface area contributed by atoms with E-state index in [1.54, 1.807) is 0 Å². The van der Waals surface area contributed by atoms with Gasteiger partial charge >= 0.3 is 0 Å². The summed E-state index contributed by atoms with van der Waals surface area (Å²) in [5, 5.41) is 15.7. The number of nitrogens with zero attached hydrogens (tertiary/aromatic N) is 4. The van der Waals surface area contributed by atoms with Gasteiger partial charge in [-0.05, 0) is 37.3 Å². The zero-order valence-electron chi connectivity index (χ0n) is 18.5. The summed E-state index contributed by atoms with van der Waals surface area (Å²) in [6, 6.07) is 8.95. The molecule has 0 atom stereocenters. The number of benzene rings is 1. The van der Waals surface area contributed by atoms with Crippen molar-refractivity contribution in [2.24, 2.45) is 4.99 Å². The van der Waals surface area contributed by atoms with Gasteiger partial charge in [0, 0.05) is 31.5 Å². The predicted octanol–water partition coefficient (Wildman–Crippen LogP) is 3.60. The number of guanidine groups is 1. The molecule has 0 radical (unpaired) electrons. The van der Waals surface area contributed by atoms with Crippen LogP contribution < -0.4 is 10.6 Å². The Bertz CT molecular complexity index is 803. The van der Waals surface area contributed by atoms with Crippen molar-refractivity contribution in [3.05, 3.63) is 47.0 Å². The fourth-order valence-electron chi connectivity index (χ4n) is 3.75. The molecule has 158 valence electrons. The van der Waals surface area contributed by atoms with Crippen LogP contribution in [-0.2, 0) is 31.3 Å². The number of hydrogen-bond donors (Lipinski definition) is 2. The molecule has 2 N–H and O–H groups in total. The molecule has 2 aromatic rings.